The summed E-state index contributed by atoms with van der Waals surface area (Å²) in [5.74, 6) is -0.768. The molecule has 0 aliphatic rings. The Morgan fingerprint density at radius 2 is 1.87 bits per heavy atom. The fourth-order valence-corrected chi connectivity index (χ4v) is 3.53. The molecule has 2 amide bonds. The molecule has 0 aliphatic carbocycles. The molecule has 2 aromatic carbocycles. The highest BCUT2D eigenvalue weighted by Crippen LogP contribution is 2.22. The van der Waals surface area contributed by atoms with E-state index >= 15 is 0 Å². The number of carbonyl (C=O) groups excluding carboxylic acids is 2. The highest BCUT2D eigenvalue weighted by atomic mass is 35.5. The second-order valence-corrected chi connectivity index (χ2v) is 8.36. The van der Waals surface area contributed by atoms with E-state index in [-0.39, 0.29) is 35.4 Å². The smallest absolute Gasteiger partial charge is 0.242 e. The van der Waals surface area contributed by atoms with Crippen molar-refractivity contribution in [2.24, 2.45) is 5.92 Å². The Labute approximate surface area is 183 Å². The van der Waals surface area contributed by atoms with E-state index < -0.39 is 11.9 Å². The maximum atomic E-state index is 14.3. The third-order valence-electron chi connectivity index (χ3n) is 4.90. The van der Waals surface area contributed by atoms with E-state index in [4.69, 9.17) is 11.6 Å². The van der Waals surface area contributed by atoms with Crippen LogP contribution in [0.25, 0.3) is 0 Å². The summed E-state index contributed by atoms with van der Waals surface area (Å²) in [6.45, 7) is 8.66. The zero-order valence-corrected chi connectivity index (χ0v) is 18.8. The van der Waals surface area contributed by atoms with E-state index in [1.807, 2.05) is 52.0 Å². The van der Waals surface area contributed by atoms with Gasteiger partial charge in [0.1, 0.15) is 11.9 Å². The first-order valence-electron chi connectivity index (χ1n) is 10.3. The Bertz CT molecular complexity index is 865. The second-order valence-electron chi connectivity index (χ2n) is 7.95. The Balaban J connectivity index is 2.33. The summed E-state index contributed by atoms with van der Waals surface area (Å²) in [6.07, 6.45) is 0.248. The second kappa shape index (κ2) is 11.1. The average molecular weight is 433 g/mol. The molecule has 0 aromatic heterocycles. The van der Waals surface area contributed by atoms with Gasteiger partial charge in [-0.1, -0.05) is 68.3 Å². The summed E-state index contributed by atoms with van der Waals surface area (Å²) in [5, 5.41) is 3.12. The number of aryl methyl sites for hydroxylation is 1. The summed E-state index contributed by atoms with van der Waals surface area (Å²) in [4.78, 5) is 27.7. The predicted octanol–water partition coefficient (Wildman–Crippen LogP) is 4.91. The van der Waals surface area contributed by atoms with Crippen LogP contribution in [0.2, 0.25) is 5.02 Å². The molecule has 30 heavy (non-hydrogen) atoms. The van der Waals surface area contributed by atoms with Gasteiger partial charge in [-0.05, 0) is 37.0 Å². The summed E-state index contributed by atoms with van der Waals surface area (Å²) in [6, 6.07) is 11.5. The highest BCUT2D eigenvalue weighted by Gasteiger charge is 2.29. The van der Waals surface area contributed by atoms with Gasteiger partial charge in [-0.25, -0.2) is 4.39 Å². The monoisotopic (exact) mass is 432 g/mol. The molecule has 0 radical (unpaired) electrons. The lowest BCUT2D eigenvalue weighted by molar-refractivity contribution is -0.141. The lowest BCUT2D eigenvalue weighted by Crippen LogP contribution is -2.50. The van der Waals surface area contributed by atoms with Crippen LogP contribution >= 0.6 is 11.6 Å². The van der Waals surface area contributed by atoms with E-state index in [1.165, 1.54) is 17.0 Å². The van der Waals surface area contributed by atoms with Gasteiger partial charge in [-0.15, -0.1) is 0 Å². The van der Waals surface area contributed by atoms with Gasteiger partial charge in [0.05, 0.1) is 6.42 Å². The van der Waals surface area contributed by atoms with Crippen LogP contribution in [0, 0.1) is 18.7 Å². The zero-order chi connectivity index (χ0) is 22.3. The molecule has 0 fully saturated rings. The van der Waals surface area contributed by atoms with E-state index in [0.717, 1.165) is 11.1 Å². The third kappa shape index (κ3) is 6.56. The normalized spacial score (nSPS) is 12.0. The molecule has 0 saturated carbocycles. The molecule has 6 heteroatoms. The number of amides is 2. The van der Waals surface area contributed by atoms with Crippen molar-refractivity contribution in [2.45, 2.75) is 53.1 Å². The highest BCUT2D eigenvalue weighted by molar-refractivity contribution is 6.31. The molecule has 0 saturated heterocycles. The van der Waals surface area contributed by atoms with Gasteiger partial charge in [-0.3, -0.25) is 9.59 Å². The summed E-state index contributed by atoms with van der Waals surface area (Å²) >= 11 is 6.13. The summed E-state index contributed by atoms with van der Waals surface area (Å²) in [7, 11) is 0. The largest absolute Gasteiger partial charge is 0.354 e. The van der Waals surface area contributed by atoms with Crippen LogP contribution in [0.15, 0.2) is 42.5 Å². The first-order chi connectivity index (χ1) is 14.2. The zero-order valence-electron chi connectivity index (χ0n) is 18.0. The molecular weight excluding hydrogens is 403 g/mol. The Morgan fingerprint density at radius 1 is 1.17 bits per heavy atom. The molecule has 1 unspecified atom stereocenters. The van der Waals surface area contributed by atoms with Crippen LogP contribution in [0.5, 0.6) is 0 Å². The van der Waals surface area contributed by atoms with Crippen LogP contribution in [0.3, 0.4) is 0 Å². The van der Waals surface area contributed by atoms with Crippen LogP contribution in [-0.4, -0.2) is 29.3 Å². The Morgan fingerprint density at radius 3 is 2.47 bits per heavy atom. The van der Waals surface area contributed by atoms with E-state index in [9.17, 15) is 14.0 Å². The average Bonchev–Trinajstić information content (AvgIpc) is 2.69. The van der Waals surface area contributed by atoms with E-state index in [2.05, 4.69) is 5.32 Å². The van der Waals surface area contributed by atoms with Crippen molar-refractivity contribution in [2.75, 3.05) is 6.54 Å². The lowest BCUT2D eigenvalue weighted by atomic mass is 10.0. The number of nitrogens with one attached hydrogen (secondary N) is 1. The topological polar surface area (TPSA) is 49.4 Å². The Kier molecular flexibility index (Phi) is 8.85. The maximum Gasteiger partial charge on any atom is 0.242 e. The number of carbonyl (C=O) groups is 2. The van der Waals surface area contributed by atoms with Gasteiger partial charge in [0, 0.05) is 23.7 Å². The minimum absolute atomic E-state index is 0.149. The SMILES string of the molecule is CCC(C(=O)NCC(C)C)N(Cc1cccc(C)c1)C(=O)Cc1c(F)cccc1Cl. The lowest BCUT2D eigenvalue weighted by Gasteiger charge is -2.31. The minimum atomic E-state index is -0.651. The molecule has 0 aliphatic heterocycles. The molecule has 0 spiro atoms. The van der Waals surface area contributed by atoms with Gasteiger partial charge in [0.25, 0.3) is 0 Å². The number of halogens is 2. The fraction of sp³-hybridized carbons (Fsp3) is 0.417. The Hall–Kier alpha value is -2.40. The van der Waals surface area contributed by atoms with Crippen molar-refractivity contribution in [3.63, 3.8) is 0 Å². The minimum Gasteiger partial charge on any atom is -0.354 e. The van der Waals surface area contributed by atoms with Gasteiger partial charge >= 0.3 is 0 Å². The van der Waals surface area contributed by atoms with Gasteiger partial charge in [0.2, 0.25) is 11.8 Å². The molecule has 2 aromatic rings. The van der Waals surface area contributed by atoms with Crippen LogP contribution in [0.1, 0.15) is 43.9 Å². The fourth-order valence-electron chi connectivity index (χ4n) is 3.30. The quantitative estimate of drug-likeness (QED) is 0.612. The summed E-state index contributed by atoms with van der Waals surface area (Å²) < 4.78 is 14.3. The third-order valence-corrected chi connectivity index (χ3v) is 5.25. The van der Waals surface area contributed by atoms with Crippen molar-refractivity contribution in [1.82, 2.24) is 10.2 Å². The molecule has 0 heterocycles. The van der Waals surface area contributed by atoms with E-state index in [1.54, 1.807) is 6.07 Å². The van der Waals surface area contributed by atoms with Crippen molar-refractivity contribution in [3.05, 3.63) is 70.0 Å². The predicted molar refractivity (Wildman–Crippen MR) is 119 cm³/mol. The van der Waals surface area contributed by atoms with Crippen molar-refractivity contribution < 1.29 is 14.0 Å². The molecule has 2 rings (SSSR count). The van der Waals surface area contributed by atoms with Crippen LogP contribution in [-0.2, 0) is 22.6 Å². The number of nitrogens with zero attached hydrogens (tertiary/aromatic N) is 1. The van der Waals surface area contributed by atoms with Gasteiger partial charge < -0.3 is 10.2 Å². The molecule has 162 valence electrons. The first-order valence-corrected chi connectivity index (χ1v) is 10.7. The summed E-state index contributed by atoms with van der Waals surface area (Å²) in [5.41, 5.74) is 2.13. The van der Waals surface area contributed by atoms with Crippen molar-refractivity contribution >= 4 is 23.4 Å². The van der Waals surface area contributed by atoms with Crippen LogP contribution in [0.4, 0.5) is 4.39 Å². The molecule has 1 atom stereocenters. The van der Waals surface area contributed by atoms with Crippen molar-refractivity contribution in [3.8, 4) is 0 Å². The van der Waals surface area contributed by atoms with Crippen LogP contribution < -0.4 is 5.32 Å². The van der Waals surface area contributed by atoms with Gasteiger partial charge in [0.15, 0.2) is 0 Å². The van der Waals surface area contributed by atoms with E-state index in [0.29, 0.717) is 18.9 Å². The maximum absolute atomic E-state index is 14.3. The number of hydrogen-bond acceptors (Lipinski definition) is 2. The molecular formula is C24H30ClFN2O2. The molecule has 1 N–H and O–H groups in total. The first kappa shape index (κ1) is 23.9. The molecule has 0 bridgehead atoms. The number of benzene rings is 2. The number of hydrogen-bond donors (Lipinski definition) is 1. The van der Waals surface area contributed by atoms with Crippen molar-refractivity contribution in [1.29, 1.82) is 0 Å². The standard InChI is InChI=1S/C24H30ClFN2O2/c1-5-22(24(30)27-14-16(2)3)28(15-18-9-6-8-17(4)12-18)23(29)13-19-20(25)10-7-11-21(19)26/h6-12,16,22H,5,13-15H2,1-4H3,(H,27,30). The number of rotatable bonds is 9. The molecule has 4 nitrogen and oxygen atoms in total. The van der Waals surface area contributed by atoms with Gasteiger partial charge in [-0.2, -0.15) is 0 Å².